The van der Waals surface area contributed by atoms with Crippen LogP contribution in [0.4, 0.5) is 0 Å². The molecule has 3 saturated heterocycles. The van der Waals surface area contributed by atoms with E-state index in [0.29, 0.717) is 25.7 Å². The number of nitrogens with two attached hydrogens (primary N) is 5. The van der Waals surface area contributed by atoms with Crippen LogP contribution in [-0.4, -0.2) is 156 Å². The summed E-state index contributed by atoms with van der Waals surface area (Å²) in [5.74, 6) is 0. The summed E-state index contributed by atoms with van der Waals surface area (Å²) >= 11 is 0. The first-order valence-corrected chi connectivity index (χ1v) is 15.2. The van der Waals surface area contributed by atoms with E-state index in [1.54, 1.807) is 0 Å². The molecule has 4 fully saturated rings. The van der Waals surface area contributed by atoms with E-state index in [1.165, 1.54) is 0 Å². The predicted octanol–water partition coefficient (Wildman–Crippen LogP) is -5.79. The number of hydrogen-bond donors (Lipinski definition) is 11. The van der Waals surface area contributed by atoms with Gasteiger partial charge in [0.05, 0.1) is 56.3 Å². The maximum absolute atomic E-state index is 11.5. The molecular formula is C26H52N6O11. The predicted molar refractivity (Wildman–Crippen MR) is 150 cm³/mol. The van der Waals surface area contributed by atoms with Crippen molar-refractivity contribution in [2.24, 2.45) is 28.7 Å². The van der Waals surface area contributed by atoms with Crippen LogP contribution in [0, 0.1) is 0 Å². The van der Waals surface area contributed by atoms with Gasteiger partial charge < -0.3 is 87.9 Å². The van der Waals surface area contributed by atoms with E-state index in [9.17, 15) is 25.5 Å². The Morgan fingerprint density at radius 2 is 1.21 bits per heavy atom. The summed E-state index contributed by atoms with van der Waals surface area (Å²) in [6.07, 6.45) is -8.01. The van der Waals surface area contributed by atoms with Crippen LogP contribution < -0.4 is 34.0 Å². The summed E-state index contributed by atoms with van der Waals surface area (Å²) in [6, 6.07) is -3.17. The van der Waals surface area contributed by atoms with Crippen molar-refractivity contribution < 1.29 is 54.0 Å². The van der Waals surface area contributed by atoms with Crippen LogP contribution in [0.1, 0.15) is 32.1 Å². The second-order valence-electron chi connectivity index (χ2n) is 12.0. The van der Waals surface area contributed by atoms with Gasteiger partial charge >= 0.3 is 0 Å². The second-order valence-corrected chi connectivity index (χ2v) is 12.0. The quantitative estimate of drug-likeness (QED) is 0.0909. The minimum Gasteiger partial charge on any atom is -0.395 e. The first kappa shape index (κ1) is 35.2. The topological polar surface area (TPSA) is 299 Å². The summed E-state index contributed by atoms with van der Waals surface area (Å²) in [4.78, 5) is 0. The van der Waals surface area contributed by atoms with Crippen LogP contribution in [0.5, 0.6) is 0 Å². The van der Waals surface area contributed by atoms with E-state index in [4.69, 9.17) is 57.1 Å². The van der Waals surface area contributed by atoms with Crippen LogP contribution in [0.25, 0.3) is 0 Å². The van der Waals surface area contributed by atoms with Gasteiger partial charge in [0.2, 0.25) is 0 Å². The van der Waals surface area contributed by atoms with Gasteiger partial charge in [-0.15, -0.1) is 0 Å². The molecule has 16 N–H and O–H groups in total. The maximum atomic E-state index is 11.5. The Kier molecular flexibility index (Phi) is 13.3. The molecule has 4 aliphatic rings. The molecule has 0 bridgehead atoms. The van der Waals surface area contributed by atoms with E-state index in [0.717, 1.165) is 0 Å². The van der Waals surface area contributed by atoms with Crippen molar-refractivity contribution in [2.45, 2.75) is 130 Å². The van der Waals surface area contributed by atoms with Gasteiger partial charge in [-0.25, -0.2) is 0 Å². The largest absolute Gasteiger partial charge is 0.395 e. The van der Waals surface area contributed by atoms with E-state index in [2.05, 4.69) is 5.32 Å². The summed E-state index contributed by atoms with van der Waals surface area (Å²) in [6.45, 7) is -0.738. The molecule has 1 saturated carbocycles. The van der Waals surface area contributed by atoms with Crippen molar-refractivity contribution in [1.82, 2.24) is 5.32 Å². The molecule has 17 heteroatoms. The zero-order valence-electron chi connectivity index (χ0n) is 24.4. The fourth-order valence-electron chi connectivity index (χ4n) is 6.16. The van der Waals surface area contributed by atoms with Gasteiger partial charge in [-0.3, -0.25) is 0 Å². The fourth-order valence-corrected chi connectivity index (χ4v) is 6.16. The van der Waals surface area contributed by atoms with E-state index < -0.39 is 92.3 Å². The molecule has 4 rings (SSSR count). The van der Waals surface area contributed by atoms with Crippen molar-refractivity contribution in [3.63, 3.8) is 0 Å². The Morgan fingerprint density at radius 3 is 1.72 bits per heavy atom. The highest BCUT2D eigenvalue weighted by Crippen LogP contribution is 2.34. The number of nitrogens with one attached hydrogen (secondary N) is 1. The minimum atomic E-state index is -1.43. The molecule has 17 nitrogen and oxygen atoms in total. The molecule has 15 atom stereocenters. The van der Waals surface area contributed by atoms with Crippen molar-refractivity contribution in [3.8, 4) is 0 Å². The van der Waals surface area contributed by atoms with Gasteiger partial charge in [0, 0.05) is 25.2 Å². The lowest BCUT2D eigenvalue weighted by atomic mass is 9.83. The Labute approximate surface area is 251 Å². The zero-order valence-corrected chi connectivity index (χ0v) is 24.4. The van der Waals surface area contributed by atoms with Crippen LogP contribution in [0.3, 0.4) is 0 Å². The van der Waals surface area contributed by atoms with E-state index >= 15 is 0 Å². The smallest absolute Gasteiger partial charge is 0.187 e. The normalized spacial score (nSPS) is 46.0. The first-order chi connectivity index (χ1) is 20.6. The van der Waals surface area contributed by atoms with Gasteiger partial charge in [-0.2, -0.15) is 0 Å². The third kappa shape index (κ3) is 8.38. The molecule has 0 spiro atoms. The molecule has 0 radical (unpaired) electrons. The molecular weight excluding hydrogens is 572 g/mol. The molecule has 252 valence electrons. The van der Waals surface area contributed by atoms with Crippen LogP contribution in [0.2, 0.25) is 0 Å². The third-order valence-electron chi connectivity index (χ3n) is 8.78. The molecule has 1 aliphatic carbocycles. The first-order valence-electron chi connectivity index (χ1n) is 15.2. The summed E-state index contributed by atoms with van der Waals surface area (Å²) in [5, 5.41) is 55.0. The Hall–Kier alpha value is -0.680. The summed E-state index contributed by atoms with van der Waals surface area (Å²) in [5.41, 5.74) is 30.6. The Bertz CT molecular complexity index is 836. The number of rotatable bonds is 13. The average Bonchev–Trinajstić information content (AvgIpc) is 3.31. The van der Waals surface area contributed by atoms with Crippen molar-refractivity contribution in [1.29, 1.82) is 0 Å². The van der Waals surface area contributed by atoms with Gasteiger partial charge in [0.15, 0.2) is 18.9 Å². The number of aliphatic hydroxyl groups is 5. The summed E-state index contributed by atoms with van der Waals surface area (Å²) in [7, 11) is 0. The highest BCUT2D eigenvalue weighted by Gasteiger charge is 2.53. The number of hydrogen-bond acceptors (Lipinski definition) is 17. The van der Waals surface area contributed by atoms with Gasteiger partial charge in [-0.05, 0) is 32.1 Å². The number of aliphatic hydroxyl groups excluding tert-OH is 5. The molecule has 43 heavy (non-hydrogen) atoms. The van der Waals surface area contributed by atoms with Crippen LogP contribution >= 0.6 is 0 Å². The molecule has 3 heterocycles. The van der Waals surface area contributed by atoms with E-state index in [-0.39, 0.29) is 44.9 Å². The SMILES string of the molecule is NCC1CCC(N)C(OC2C(CO)OC(OC3C(O)C(NC(CO)CO)CC(N)C3OC3OC(CN)CCC3N)C2O)O1. The fraction of sp³-hybridized carbons (Fsp3) is 1.00. The average molecular weight is 625 g/mol. The molecule has 0 aromatic heterocycles. The van der Waals surface area contributed by atoms with Gasteiger partial charge in [0.25, 0.3) is 0 Å². The van der Waals surface area contributed by atoms with Gasteiger partial charge in [0.1, 0.15) is 30.5 Å². The maximum Gasteiger partial charge on any atom is 0.187 e. The molecule has 3 aliphatic heterocycles. The Morgan fingerprint density at radius 1 is 0.674 bits per heavy atom. The lowest BCUT2D eigenvalue weighted by Gasteiger charge is -2.47. The van der Waals surface area contributed by atoms with Gasteiger partial charge in [-0.1, -0.05) is 0 Å². The minimum absolute atomic E-state index is 0.183. The summed E-state index contributed by atoms with van der Waals surface area (Å²) < 4.78 is 36.1. The highest BCUT2D eigenvalue weighted by molar-refractivity contribution is 5.02. The Balaban J connectivity index is 1.52. The molecule has 0 aromatic carbocycles. The van der Waals surface area contributed by atoms with E-state index in [1.807, 2.05) is 0 Å². The van der Waals surface area contributed by atoms with Crippen molar-refractivity contribution in [3.05, 3.63) is 0 Å². The lowest BCUT2D eigenvalue weighted by molar-refractivity contribution is -0.288. The van der Waals surface area contributed by atoms with Crippen molar-refractivity contribution >= 4 is 0 Å². The number of ether oxygens (including phenoxy) is 6. The standard InChI is InChI=1S/C26H52N6O11/c27-6-12-1-3-14(29)24(38-12)41-21-16(31)5-17(32-11(8-33)9-34)19(36)23(21)43-26-20(37)22(18(10-35)40-26)42-25-15(30)4-2-13(7-28)39-25/h11-26,32-37H,1-10,27-31H2. The monoisotopic (exact) mass is 624 g/mol. The second kappa shape index (κ2) is 16.2. The molecule has 0 aromatic rings. The van der Waals surface area contributed by atoms with Crippen molar-refractivity contribution in [2.75, 3.05) is 32.9 Å². The lowest BCUT2D eigenvalue weighted by Crippen LogP contribution is -2.67. The zero-order chi connectivity index (χ0) is 31.3. The molecule has 0 amide bonds. The third-order valence-corrected chi connectivity index (χ3v) is 8.78. The highest BCUT2D eigenvalue weighted by atomic mass is 16.8. The molecule has 15 unspecified atom stereocenters. The van der Waals surface area contributed by atoms with Crippen LogP contribution in [-0.2, 0) is 28.4 Å². The van der Waals surface area contributed by atoms with Crippen LogP contribution in [0.15, 0.2) is 0 Å².